The largest absolute Gasteiger partial charge is 0.496 e. The SMILES string of the molecule is CNC(=O)c1cccnc1-c1cccc(OCc2ccccc2OC)c1. The van der Waals surface area contributed by atoms with E-state index in [2.05, 4.69) is 10.3 Å². The van der Waals surface area contributed by atoms with Crippen molar-refractivity contribution in [3.63, 3.8) is 0 Å². The molecule has 26 heavy (non-hydrogen) atoms. The number of benzene rings is 2. The number of carbonyl (C=O) groups excluding carboxylic acids is 1. The Bertz CT molecular complexity index is 909. The van der Waals surface area contributed by atoms with Crippen LogP contribution >= 0.6 is 0 Å². The van der Waals surface area contributed by atoms with Gasteiger partial charge < -0.3 is 14.8 Å². The lowest BCUT2D eigenvalue weighted by Gasteiger charge is -2.12. The first-order valence-electron chi connectivity index (χ1n) is 8.25. The van der Waals surface area contributed by atoms with Crippen molar-refractivity contribution in [3.8, 4) is 22.8 Å². The van der Waals surface area contributed by atoms with Crippen LogP contribution in [0, 0.1) is 0 Å². The minimum atomic E-state index is -0.173. The van der Waals surface area contributed by atoms with E-state index in [4.69, 9.17) is 9.47 Å². The van der Waals surface area contributed by atoms with Gasteiger partial charge in [0.25, 0.3) is 5.91 Å². The van der Waals surface area contributed by atoms with Crippen LogP contribution in [0.3, 0.4) is 0 Å². The summed E-state index contributed by atoms with van der Waals surface area (Å²) in [4.78, 5) is 16.4. The molecule has 0 aliphatic rings. The molecule has 0 atom stereocenters. The molecular formula is C21H20N2O3. The number of carbonyl (C=O) groups is 1. The van der Waals surface area contributed by atoms with E-state index < -0.39 is 0 Å². The van der Waals surface area contributed by atoms with Crippen LogP contribution in [0.4, 0.5) is 0 Å². The average Bonchev–Trinajstić information content (AvgIpc) is 2.72. The van der Waals surface area contributed by atoms with Gasteiger partial charge in [0, 0.05) is 24.4 Å². The molecule has 1 N–H and O–H groups in total. The van der Waals surface area contributed by atoms with Gasteiger partial charge in [-0.1, -0.05) is 30.3 Å². The quantitative estimate of drug-likeness (QED) is 0.738. The lowest BCUT2D eigenvalue weighted by Crippen LogP contribution is -2.19. The number of pyridine rings is 1. The van der Waals surface area contributed by atoms with E-state index in [1.165, 1.54) is 0 Å². The topological polar surface area (TPSA) is 60.5 Å². The Labute approximate surface area is 152 Å². The van der Waals surface area contributed by atoms with Crippen molar-refractivity contribution < 1.29 is 14.3 Å². The minimum Gasteiger partial charge on any atom is -0.496 e. The number of amides is 1. The van der Waals surface area contributed by atoms with Gasteiger partial charge in [0.1, 0.15) is 18.1 Å². The fourth-order valence-corrected chi connectivity index (χ4v) is 2.67. The summed E-state index contributed by atoms with van der Waals surface area (Å²) in [5.41, 5.74) is 2.93. The highest BCUT2D eigenvalue weighted by molar-refractivity contribution is 5.99. The van der Waals surface area contributed by atoms with Gasteiger partial charge in [-0.25, -0.2) is 0 Å². The van der Waals surface area contributed by atoms with Gasteiger partial charge in [-0.15, -0.1) is 0 Å². The van der Waals surface area contributed by atoms with Crippen LogP contribution in [0.1, 0.15) is 15.9 Å². The predicted molar refractivity (Wildman–Crippen MR) is 100 cm³/mol. The maximum absolute atomic E-state index is 12.1. The first-order chi connectivity index (χ1) is 12.7. The summed E-state index contributed by atoms with van der Waals surface area (Å²) in [5.74, 6) is 1.31. The van der Waals surface area contributed by atoms with Crippen LogP contribution in [0.2, 0.25) is 0 Å². The van der Waals surface area contributed by atoms with Crippen LogP contribution in [0.15, 0.2) is 66.9 Å². The third-order valence-electron chi connectivity index (χ3n) is 3.97. The zero-order chi connectivity index (χ0) is 18.4. The van der Waals surface area contributed by atoms with Crippen LogP contribution in [0.5, 0.6) is 11.5 Å². The standard InChI is InChI=1S/C21H20N2O3/c1-22-21(24)18-10-6-12-23-20(18)15-8-5-9-17(13-15)26-14-16-7-3-4-11-19(16)25-2/h3-13H,14H2,1-2H3,(H,22,24). The number of hydrogen-bond donors (Lipinski definition) is 1. The van der Waals surface area contributed by atoms with Crippen molar-refractivity contribution in [1.82, 2.24) is 10.3 Å². The summed E-state index contributed by atoms with van der Waals surface area (Å²) < 4.78 is 11.3. The number of para-hydroxylation sites is 1. The number of nitrogens with zero attached hydrogens (tertiary/aromatic N) is 1. The van der Waals surface area contributed by atoms with Gasteiger partial charge >= 0.3 is 0 Å². The molecule has 3 aromatic rings. The Kier molecular flexibility index (Phi) is 5.49. The highest BCUT2D eigenvalue weighted by atomic mass is 16.5. The van der Waals surface area contributed by atoms with Gasteiger partial charge in [-0.05, 0) is 30.3 Å². The minimum absolute atomic E-state index is 0.173. The monoisotopic (exact) mass is 348 g/mol. The van der Waals surface area contributed by atoms with E-state index in [0.29, 0.717) is 23.6 Å². The van der Waals surface area contributed by atoms with E-state index in [0.717, 1.165) is 16.9 Å². The molecule has 132 valence electrons. The molecule has 0 bridgehead atoms. The summed E-state index contributed by atoms with van der Waals surface area (Å²) in [6.45, 7) is 0.387. The zero-order valence-electron chi connectivity index (χ0n) is 14.7. The Morgan fingerprint density at radius 2 is 1.92 bits per heavy atom. The summed E-state index contributed by atoms with van der Waals surface area (Å²) >= 11 is 0. The van der Waals surface area contributed by atoms with Crippen molar-refractivity contribution in [1.29, 1.82) is 0 Å². The highest BCUT2D eigenvalue weighted by Crippen LogP contribution is 2.26. The van der Waals surface area contributed by atoms with Gasteiger partial charge in [0.05, 0.1) is 18.4 Å². The Morgan fingerprint density at radius 3 is 2.73 bits per heavy atom. The number of ether oxygens (including phenoxy) is 2. The predicted octanol–water partition coefficient (Wildman–Crippen LogP) is 3.70. The molecule has 0 radical (unpaired) electrons. The van der Waals surface area contributed by atoms with Crippen molar-refractivity contribution >= 4 is 5.91 Å². The molecule has 1 heterocycles. The first kappa shape index (κ1) is 17.5. The second-order valence-corrected chi connectivity index (χ2v) is 5.61. The summed E-state index contributed by atoms with van der Waals surface area (Å²) in [6, 6.07) is 18.8. The lowest BCUT2D eigenvalue weighted by atomic mass is 10.1. The normalized spacial score (nSPS) is 10.2. The van der Waals surface area contributed by atoms with Crippen LogP contribution in [-0.2, 0) is 6.61 Å². The highest BCUT2D eigenvalue weighted by Gasteiger charge is 2.13. The Morgan fingerprint density at radius 1 is 1.08 bits per heavy atom. The molecule has 3 rings (SSSR count). The third kappa shape index (κ3) is 3.83. The molecule has 0 aliphatic heterocycles. The maximum Gasteiger partial charge on any atom is 0.253 e. The Balaban J connectivity index is 1.84. The molecule has 2 aromatic carbocycles. The van der Waals surface area contributed by atoms with Crippen molar-refractivity contribution in [2.75, 3.05) is 14.2 Å². The van der Waals surface area contributed by atoms with Crippen LogP contribution in [-0.4, -0.2) is 25.0 Å². The number of hydrogen-bond acceptors (Lipinski definition) is 4. The third-order valence-corrected chi connectivity index (χ3v) is 3.97. The Hall–Kier alpha value is -3.34. The van der Waals surface area contributed by atoms with E-state index >= 15 is 0 Å². The molecule has 0 fully saturated rings. The summed E-state index contributed by atoms with van der Waals surface area (Å²) in [5, 5.41) is 2.64. The van der Waals surface area contributed by atoms with E-state index in [-0.39, 0.29) is 5.91 Å². The van der Waals surface area contributed by atoms with Gasteiger partial charge in [0.15, 0.2) is 0 Å². The fourth-order valence-electron chi connectivity index (χ4n) is 2.67. The molecule has 5 nitrogen and oxygen atoms in total. The molecule has 0 unspecified atom stereocenters. The van der Waals surface area contributed by atoms with Crippen LogP contribution < -0.4 is 14.8 Å². The van der Waals surface area contributed by atoms with Crippen molar-refractivity contribution in [2.45, 2.75) is 6.61 Å². The molecule has 1 aromatic heterocycles. The van der Waals surface area contributed by atoms with Gasteiger partial charge in [-0.3, -0.25) is 9.78 Å². The molecule has 1 amide bonds. The summed E-state index contributed by atoms with van der Waals surface area (Å²) in [6.07, 6.45) is 1.67. The lowest BCUT2D eigenvalue weighted by molar-refractivity contribution is 0.0963. The van der Waals surface area contributed by atoms with E-state index in [1.54, 1.807) is 32.5 Å². The zero-order valence-corrected chi connectivity index (χ0v) is 14.7. The number of nitrogens with one attached hydrogen (secondary N) is 1. The van der Waals surface area contributed by atoms with Gasteiger partial charge in [0.2, 0.25) is 0 Å². The first-order valence-corrected chi connectivity index (χ1v) is 8.25. The smallest absolute Gasteiger partial charge is 0.253 e. The number of rotatable bonds is 6. The second-order valence-electron chi connectivity index (χ2n) is 5.61. The second kappa shape index (κ2) is 8.16. The molecular weight excluding hydrogens is 328 g/mol. The molecule has 0 saturated carbocycles. The summed E-state index contributed by atoms with van der Waals surface area (Å²) in [7, 11) is 3.24. The van der Waals surface area contributed by atoms with Crippen LogP contribution in [0.25, 0.3) is 11.3 Å². The molecule has 5 heteroatoms. The molecule has 0 aliphatic carbocycles. The number of methoxy groups -OCH3 is 1. The number of aromatic nitrogens is 1. The van der Waals surface area contributed by atoms with E-state index in [1.807, 2.05) is 48.5 Å². The van der Waals surface area contributed by atoms with Crippen molar-refractivity contribution in [2.24, 2.45) is 0 Å². The average molecular weight is 348 g/mol. The fraction of sp³-hybridized carbons (Fsp3) is 0.143. The maximum atomic E-state index is 12.1. The molecule has 0 spiro atoms. The van der Waals surface area contributed by atoms with E-state index in [9.17, 15) is 4.79 Å². The molecule has 0 saturated heterocycles. The van der Waals surface area contributed by atoms with Crippen molar-refractivity contribution in [3.05, 3.63) is 78.0 Å². The van der Waals surface area contributed by atoms with Gasteiger partial charge in [-0.2, -0.15) is 0 Å².